The predicted octanol–water partition coefficient (Wildman–Crippen LogP) is 3.50. The van der Waals surface area contributed by atoms with Crippen molar-refractivity contribution in [2.75, 3.05) is 31.2 Å². The number of amides is 2. The number of carbonyl (C=O) groups excluding carboxylic acids is 1. The number of hydrogen-bond donors (Lipinski definition) is 2. The molecule has 1 aliphatic heterocycles. The lowest BCUT2D eigenvalue weighted by Crippen LogP contribution is -2.36. The Balaban J connectivity index is 1.38. The molecule has 2 N–H and O–H groups in total. The minimum Gasteiger partial charge on any atom is -0.378 e. The molecule has 0 saturated carbocycles. The van der Waals surface area contributed by atoms with Crippen LogP contribution in [0.25, 0.3) is 5.65 Å². The van der Waals surface area contributed by atoms with Crippen LogP contribution in [0.4, 0.5) is 23.7 Å². The second-order valence-electron chi connectivity index (χ2n) is 7.68. The van der Waals surface area contributed by atoms with Crippen LogP contribution in [-0.2, 0) is 24.0 Å². The third-order valence-corrected chi connectivity index (χ3v) is 5.31. The standard InChI is InChI=1S/C22H24F3N5O2/c1-15-4-5-30-14-17(28-20(30)10-15)13-27-21(31)26-12-16-2-3-18(11-19(16)22(23,24)25)29-6-8-32-9-7-29/h2-5,10-11,14H,6-9,12-13H2,1H3,(H2,26,27,31). The number of morpholine rings is 1. The largest absolute Gasteiger partial charge is 0.416 e. The maximum atomic E-state index is 13.6. The van der Waals surface area contributed by atoms with Crippen LogP contribution in [0.5, 0.6) is 0 Å². The molecule has 0 spiro atoms. The van der Waals surface area contributed by atoms with Gasteiger partial charge in [0.2, 0.25) is 0 Å². The minimum absolute atomic E-state index is 0.00728. The smallest absolute Gasteiger partial charge is 0.378 e. The number of fused-ring (bicyclic) bond motifs is 1. The summed E-state index contributed by atoms with van der Waals surface area (Å²) in [4.78, 5) is 18.5. The molecule has 3 heterocycles. The summed E-state index contributed by atoms with van der Waals surface area (Å²) < 4.78 is 48.0. The third-order valence-electron chi connectivity index (χ3n) is 5.31. The quantitative estimate of drug-likeness (QED) is 0.628. The maximum absolute atomic E-state index is 13.6. The molecule has 0 radical (unpaired) electrons. The number of urea groups is 1. The first-order valence-electron chi connectivity index (χ1n) is 10.3. The highest BCUT2D eigenvalue weighted by molar-refractivity contribution is 5.74. The molecule has 1 fully saturated rings. The highest BCUT2D eigenvalue weighted by Gasteiger charge is 2.34. The molecule has 0 unspecified atom stereocenters. The Morgan fingerprint density at radius 2 is 1.88 bits per heavy atom. The average Bonchev–Trinajstić information content (AvgIpc) is 3.18. The van der Waals surface area contributed by atoms with Gasteiger partial charge in [-0.1, -0.05) is 6.07 Å². The number of carbonyl (C=O) groups is 1. The lowest BCUT2D eigenvalue weighted by Gasteiger charge is -2.29. The summed E-state index contributed by atoms with van der Waals surface area (Å²) in [7, 11) is 0. The average molecular weight is 447 g/mol. The normalized spacial score (nSPS) is 14.6. The molecular formula is C22H24F3N5O2. The molecule has 1 saturated heterocycles. The number of halogens is 3. The highest BCUT2D eigenvalue weighted by Crippen LogP contribution is 2.35. The molecular weight excluding hydrogens is 423 g/mol. The zero-order valence-electron chi connectivity index (χ0n) is 17.6. The van der Waals surface area contributed by atoms with Crippen LogP contribution in [0.15, 0.2) is 42.7 Å². The van der Waals surface area contributed by atoms with Crippen molar-refractivity contribution in [3.8, 4) is 0 Å². The molecule has 2 aromatic heterocycles. The van der Waals surface area contributed by atoms with Crippen LogP contribution in [-0.4, -0.2) is 41.7 Å². The van der Waals surface area contributed by atoms with Crippen molar-refractivity contribution in [3.63, 3.8) is 0 Å². The highest BCUT2D eigenvalue weighted by atomic mass is 19.4. The van der Waals surface area contributed by atoms with Gasteiger partial charge >= 0.3 is 12.2 Å². The summed E-state index contributed by atoms with van der Waals surface area (Å²) in [5.41, 5.74) is 2.23. The van der Waals surface area contributed by atoms with Gasteiger partial charge in [0.15, 0.2) is 0 Å². The first kappa shape index (κ1) is 21.9. The number of ether oxygens (including phenoxy) is 1. The molecule has 32 heavy (non-hydrogen) atoms. The van der Waals surface area contributed by atoms with E-state index < -0.39 is 17.8 Å². The van der Waals surface area contributed by atoms with Crippen LogP contribution >= 0.6 is 0 Å². The number of nitrogens with zero attached hydrogens (tertiary/aromatic N) is 3. The van der Waals surface area contributed by atoms with Crippen molar-refractivity contribution in [3.05, 3.63) is 65.1 Å². The Bertz CT molecular complexity index is 1110. The molecule has 4 rings (SSSR count). The van der Waals surface area contributed by atoms with Gasteiger partial charge in [-0.05, 0) is 42.3 Å². The molecule has 7 nitrogen and oxygen atoms in total. The fourth-order valence-electron chi connectivity index (χ4n) is 3.63. The van der Waals surface area contributed by atoms with Crippen molar-refractivity contribution >= 4 is 17.4 Å². The Morgan fingerprint density at radius 1 is 1.12 bits per heavy atom. The van der Waals surface area contributed by atoms with E-state index in [1.807, 2.05) is 34.6 Å². The van der Waals surface area contributed by atoms with E-state index in [2.05, 4.69) is 15.6 Å². The Hall–Kier alpha value is -3.27. The number of anilines is 1. The van der Waals surface area contributed by atoms with Crippen molar-refractivity contribution in [1.82, 2.24) is 20.0 Å². The number of benzene rings is 1. The van der Waals surface area contributed by atoms with Gasteiger partial charge in [0.1, 0.15) is 5.65 Å². The number of aromatic nitrogens is 2. The van der Waals surface area contributed by atoms with Crippen LogP contribution in [0.1, 0.15) is 22.4 Å². The molecule has 0 aliphatic carbocycles. The van der Waals surface area contributed by atoms with E-state index in [0.29, 0.717) is 37.7 Å². The third kappa shape index (κ3) is 5.13. The van der Waals surface area contributed by atoms with Gasteiger partial charge in [-0.15, -0.1) is 0 Å². The molecule has 10 heteroatoms. The van der Waals surface area contributed by atoms with Crippen LogP contribution in [0.3, 0.4) is 0 Å². The summed E-state index contributed by atoms with van der Waals surface area (Å²) in [5, 5.41) is 5.14. The van der Waals surface area contributed by atoms with Gasteiger partial charge in [-0.3, -0.25) is 0 Å². The SMILES string of the molecule is Cc1ccn2cc(CNC(=O)NCc3ccc(N4CCOCC4)cc3C(F)(F)F)nc2c1. The number of alkyl halides is 3. The van der Waals surface area contributed by atoms with E-state index in [-0.39, 0.29) is 18.7 Å². The van der Waals surface area contributed by atoms with E-state index in [1.165, 1.54) is 6.07 Å². The number of imidazole rings is 1. The molecule has 3 aromatic rings. The topological polar surface area (TPSA) is 70.9 Å². The van der Waals surface area contributed by atoms with Crippen LogP contribution in [0.2, 0.25) is 0 Å². The van der Waals surface area contributed by atoms with Gasteiger partial charge in [0, 0.05) is 37.7 Å². The van der Waals surface area contributed by atoms with E-state index in [4.69, 9.17) is 4.74 Å². The fraction of sp³-hybridized carbons (Fsp3) is 0.364. The zero-order chi connectivity index (χ0) is 22.7. The zero-order valence-corrected chi connectivity index (χ0v) is 17.6. The molecule has 170 valence electrons. The molecule has 1 aromatic carbocycles. The summed E-state index contributed by atoms with van der Waals surface area (Å²) in [6.07, 6.45) is -0.855. The lowest BCUT2D eigenvalue weighted by molar-refractivity contribution is -0.138. The number of pyridine rings is 1. The van der Waals surface area contributed by atoms with Crippen molar-refractivity contribution < 1.29 is 22.7 Å². The van der Waals surface area contributed by atoms with Gasteiger partial charge < -0.3 is 24.7 Å². The van der Waals surface area contributed by atoms with Gasteiger partial charge in [-0.25, -0.2) is 9.78 Å². The summed E-state index contributed by atoms with van der Waals surface area (Å²) >= 11 is 0. The number of aryl methyl sites for hydroxylation is 1. The first-order chi connectivity index (χ1) is 15.3. The van der Waals surface area contributed by atoms with Gasteiger partial charge in [-0.2, -0.15) is 13.2 Å². The lowest BCUT2D eigenvalue weighted by atomic mass is 10.1. The van der Waals surface area contributed by atoms with Gasteiger partial charge in [0.05, 0.1) is 31.0 Å². The fourth-order valence-corrected chi connectivity index (χ4v) is 3.63. The Kier molecular flexibility index (Phi) is 6.22. The minimum atomic E-state index is -4.52. The summed E-state index contributed by atoms with van der Waals surface area (Å²) in [6, 6.07) is 7.50. The second-order valence-corrected chi connectivity index (χ2v) is 7.68. The van der Waals surface area contributed by atoms with E-state index in [1.54, 1.807) is 12.3 Å². The van der Waals surface area contributed by atoms with Crippen molar-refractivity contribution in [2.24, 2.45) is 0 Å². The molecule has 0 atom stereocenters. The second kappa shape index (κ2) is 9.07. The Morgan fingerprint density at radius 3 is 2.62 bits per heavy atom. The van der Waals surface area contributed by atoms with Crippen molar-refractivity contribution in [2.45, 2.75) is 26.2 Å². The van der Waals surface area contributed by atoms with Crippen LogP contribution < -0.4 is 15.5 Å². The van der Waals surface area contributed by atoms with Crippen molar-refractivity contribution in [1.29, 1.82) is 0 Å². The van der Waals surface area contributed by atoms with Crippen LogP contribution in [0, 0.1) is 6.92 Å². The van der Waals surface area contributed by atoms with E-state index in [0.717, 1.165) is 17.3 Å². The predicted molar refractivity (Wildman–Crippen MR) is 113 cm³/mol. The summed E-state index contributed by atoms with van der Waals surface area (Å²) in [6.45, 7) is 3.93. The molecule has 2 amide bonds. The number of nitrogens with one attached hydrogen (secondary N) is 2. The maximum Gasteiger partial charge on any atom is 0.416 e. The Labute approximate surface area is 183 Å². The van der Waals surface area contributed by atoms with E-state index >= 15 is 0 Å². The summed E-state index contributed by atoms with van der Waals surface area (Å²) in [5.74, 6) is 0. The molecule has 1 aliphatic rings. The first-order valence-corrected chi connectivity index (χ1v) is 10.3. The number of hydrogen-bond acceptors (Lipinski definition) is 4. The van der Waals surface area contributed by atoms with E-state index in [9.17, 15) is 18.0 Å². The number of rotatable bonds is 5. The monoisotopic (exact) mass is 447 g/mol. The van der Waals surface area contributed by atoms with Gasteiger partial charge in [0.25, 0.3) is 0 Å². The molecule has 0 bridgehead atoms.